The van der Waals surface area contributed by atoms with Gasteiger partial charge in [0.2, 0.25) is 0 Å². The lowest BCUT2D eigenvalue weighted by Gasteiger charge is -2.27. The lowest BCUT2D eigenvalue weighted by Crippen LogP contribution is -2.11. The summed E-state index contributed by atoms with van der Waals surface area (Å²) in [4.78, 5) is 66.4. The zero-order chi connectivity index (χ0) is 99.2. The Morgan fingerprint density at radius 3 is 0.565 bits per heavy atom. The van der Waals surface area contributed by atoms with Gasteiger partial charge in [0.1, 0.15) is 0 Å². The third-order valence-electron chi connectivity index (χ3n) is 23.8. The fourth-order valence-electron chi connectivity index (χ4n) is 16.0. The molecule has 0 aliphatic carbocycles. The normalized spacial score (nSPS) is 10.8. The monoisotopic (exact) mass is 1850 g/mol. The minimum absolute atomic E-state index is 0.176. The average Bonchev–Trinajstić information content (AvgIpc) is 0.793. The molecular formula is C120H134N4O14. The number of esters is 4. The first-order valence-electron chi connectivity index (χ1n) is 47.5. The van der Waals surface area contributed by atoms with E-state index >= 15 is 0 Å². The molecule has 0 unspecified atom stereocenters. The molecule has 138 heavy (non-hydrogen) atoms. The summed E-state index contributed by atoms with van der Waals surface area (Å²) in [5, 5.41) is 45.4. The van der Waals surface area contributed by atoms with Crippen molar-refractivity contribution in [3.8, 4) is 22.3 Å². The van der Waals surface area contributed by atoms with Gasteiger partial charge in [0.15, 0.2) is 0 Å². The van der Waals surface area contributed by atoms with E-state index in [-0.39, 0.29) is 55.9 Å². The van der Waals surface area contributed by atoms with Gasteiger partial charge in [0, 0.05) is 123 Å². The number of rotatable bonds is 47. The zero-order valence-electron chi connectivity index (χ0n) is 81.6. The predicted octanol–water partition coefficient (Wildman–Crippen LogP) is 26.4. The Morgan fingerprint density at radius 2 is 0.391 bits per heavy atom. The lowest BCUT2D eigenvalue weighted by atomic mass is 10.0. The van der Waals surface area contributed by atoms with Crippen LogP contribution in [0.4, 0.5) is 68.2 Å². The Balaban J connectivity index is 0.000000279. The van der Waals surface area contributed by atoms with Crippen LogP contribution in [-0.2, 0) is 94.3 Å². The van der Waals surface area contributed by atoms with Crippen molar-refractivity contribution >= 4 is 98.1 Å². The second kappa shape index (κ2) is 53.9. The first kappa shape index (κ1) is 106. The number of ether oxygens (including phenoxy) is 4. The number of carboxylic acid groups (broad SMARTS) is 1. The number of anilines is 12. The van der Waals surface area contributed by atoms with Crippen LogP contribution in [0, 0.1) is 27.7 Å². The van der Waals surface area contributed by atoms with E-state index < -0.39 is 5.97 Å². The smallest absolute Gasteiger partial charge is 0.333 e. The van der Waals surface area contributed by atoms with Gasteiger partial charge in [-0.05, 0) is 400 Å². The molecule has 0 aliphatic rings. The number of hydrogen-bond donors (Lipinski definition) is 5. The van der Waals surface area contributed by atoms with Gasteiger partial charge >= 0.3 is 29.8 Å². The van der Waals surface area contributed by atoms with Crippen LogP contribution in [0.5, 0.6) is 0 Å². The largest absolute Gasteiger partial charge is 0.478 e. The van der Waals surface area contributed by atoms with E-state index in [1.54, 1.807) is 27.7 Å². The second-order valence-corrected chi connectivity index (χ2v) is 35.1. The van der Waals surface area contributed by atoms with E-state index in [0.29, 0.717) is 74.4 Å². The van der Waals surface area contributed by atoms with Crippen molar-refractivity contribution in [2.75, 3.05) is 72.5 Å². The van der Waals surface area contributed by atoms with Crippen LogP contribution in [0.2, 0.25) is 0 Å². The minimum atomic E-state index is -0.935. The maximum Gasteiger partial charge on any atom is 0.333 e. The topological polar surface area (TPSA) is 236 Å². The molecule has 0 amide bonds. The molecule has 0 atom stereocenters. The highest BCUT2D eigenvalue weighted by atomic mass is 16.5. The van der Waals surface area contributed by atoms with Gasteiger partial charge in [0.25, 0.3) is 0 Å². The number of nitrogens with zero attached hydrogens (tertiary/aromatic N) is 4. The molecule has 0 fully saturated rings. The Labute approximate surface area is 815 Å². The van der Waals surface area contributed by atoms with Crippen molar-refractivity contribution in [3.05, 3.63) is 394 Å². The summed E-state index contributed by atoms with van der Waals surface area (Å²) in [6.45, 7) is 36.5. The van der Waals surface area contributed by atoms with E-state index in [2.05, 4.69) is 347 Å². The lowest BCUT2D eigenvalue weighted by molar-refractivity contribution is -0.139. The van der Waals surface area contributed by atoms with Crippen molar-refractivity contribution in [2.24, 2.45) is 0 Å². The standard InChI is InChI=1S/C66H72N2O8.C50H56N2O4.C4H6O2/c1-45(2)63(69)73-39-11-15-51-19-29-57(30-20-51)67(61-37-23-53(49(9)43-61)17-13-41-75-65(71)47(5)6)59-33-25-55(26-34-59)56-27-35-60(36-28-56)68(58-31-21-52(22-32-58)16-12-40-74-64(70)46(3)4)62-38-24-54(50(10)44-62)18-14-42-76-66(72)48(7)8;1-37-35-49(29-15-41(37)9-5-33-55)51(45-21-11-39(12-22-45)7-3-31-53)47-25-17-43(18-26-47)44-19-27-48(28-20-44)52(46-23-13-40(14-24-46)8-4-32-54)50-30-16-42(10-6-34-56)38(2)36-50;1-3(2)4(5)6/h19-38,43-44H,1,3,5,7,11-18,39-42H2,2,4,6,8-10H3;11-30,35-36,53-56H,3-10,31-34H2,1-2H3;1H2,2H3,(H,5,6). The minimum Gasteiger partial charge on any atom is -0.478 e. The highest BCUT2D eigenvalue weighted by molar-refractivity contribution is 5.90. The van der Waals surface area contributed by atoms with Crippen LogP contribution in [-0.4, -0.2) is 108 Å². The summed E-state index contributed by atoms with van der Waals surface area (Å²) in [6, 6.07) is 95.2. The number of aryl methyl sites for hydroxylation is 12. The summed E-state index contributed by atoms with van der Waals surface area (Å²) in [7, 11) is 0. The second-order valence-electron chi connectivity index (χ2n) is 35.1. The Kier molecular flexibility index (Phi) is 41.3. The number of hydrogen-bond acceptors (Lipinski definition) is 17. The maximum absolute atomic E-state index is 11.9. The SMILES string of the molecule is C=C(C)C(=O)O.C=C(C)C(=O)OCCCc1ccc(N(c2ccc(-c3ccc(N(c4ccc(CCCOC(=O)C(=C)C)cc4)c4ccc(CCCOC(=O)C(=C)C)c(C)c4)cc3)cc2)c2ccc(CCCOC(=O)C(=C)C)c(C)c2)cc1.Cc1cc(N(c2ccc(CCCO)cc2)c2ccc(-c3ccc(N(c4ccc(CCCO)cc4)c4ccc(CCCO)c(C)c4)cc3)cc2)ccc1CCCO. The molecule has 12 rings (SSSR count). The summed E-state index contributed by atoms with van der Waals surface area (Å²) >= 11 is 0. The summed E-state index contributed by atoms with van der Waals surface area (Å²) in [5.74, 6) is -2.42. The zero-order valence-corrected chi connectivity index (χ0v) is 81.6. The quantitative estimate of drug-likeness (QED) is 0.0103. The summed E-state index contributed by atoms with van der Waals surface area (Å²) < 4.78 is 21.4. The van der Waals surface area contributed by atoms with Crippen LogP contribution in [0.15, 0.2) is 328 Å². The molecule has 12 aromatic carbocycles. The number of carbonyl (C=O) groups is 5. The molecule has 12 aromatic rings. The Hall–Kier alpha value is -14.3. The van der Waals surface area contributed by atoms with Gasteiger partial charge in [-0.1, -0.05) is 154 Å². The molecule has 0 saturated carbocycles. The van der Waals surface area contributed by atoms with E-state index in [0.717, 1.165) is 190 Å². The summed E-state index contributed by atoms with van der Waals surface area (Å²) in [6.07, 6.45) is 12.2. The molecule has 718 valence electrons. The molecular weight excluding hydrogens is 1720 g/mol. The number of aliphatic hydroxyl groups is 4. The first-order chi connectivity index (χ1) is 66.5. The van der Waals surface area contributed by atoms with Crippen molar-refractivity contribution in [1.29, 1.82) is 0 Å². The fourth-order valence-corrected chi connectivity index (χ4v) is 16.0. The van der Waals surface area contributed by atoms with E-state index in [1.165, 1.54) is 51.4 Å². The third kappa shape index (κ3) is 31.4. The molecule has 0 spiro atoms. The molecule has 18 heteroatoms. The molecule has 5 N–H and O–H groups in total. The Bertz CT molecular complexity index is 5710. The van der Waals surface area contributed by atoms with Gasteiger partial charge < -0.3 is 64.1 Å². The molecule has 0 bridgehead atoms. The summed E-state index contributed by atoms with van der Waals surface area (Å²) in [5.41, 5.74) is 32.8. The van der Waals surface area contributed by atoms with Gasteiger partial charge in [-0.15, -0.1) is 0 Å². The van der Waals surface area contributed by atoms with Crippen molar-refractivity contribution < 1.29 is 68.5 Å². The highest BCUT2D eigenvalue weighted by Gasteiger charge is 2.22. The fraction of sp³-hybridized carbons (Fsp3) is 0.275. The van der Waals surface area contributed by atoms with Gasteiger partial charge in [-0.2, -0.15) is 0 Å². The molecule has 0 radical (unpaired) electrons. The molecule has 0 saturated heterocycles. The first-order valence-corrected chi connectivity index (χ1v) is 47.5. The van der Waals surface area contributed by atoms with Crippen molar-refractivity contribution in [1.82, 2.24) is 0 Å². The van der Waals surface area contributed by atoms with Crippen molar-refractivity contribution in [3.63, 3.8) is 0 Å². The predicted molar refractivity (Wildman–Crippen MR) is 562 cm³/mol. The van der Waals surface area contributed by atoms with Gasteiger partial charge in [-0.3, -0.25) is 0 Å². The Morgan fingerprint density at radius 1 is 0.232 bits per heavy atom. The van der Waals surface area contributed by atoms with E-state index in [9.17, 15) is 44.4 Å². The van der Waals surface area contributed by atoms with Crippen molar-refractivity contribution in [2.45, 2.75) is 165 Å². The van der Waals surface area contributed by atoms with Crippen LogP contribution in [0.1, 0.15) is 153 Å². The number of carboxylic acids is 1. The highest BCUT2D eigenvalue weighted by Crippen LogP contribution is 2.43. The molecule has 0 aliphatic heterocycles. The molecule has 18 nitrogen and oxygen atoms in total. The van der Waals surface area contributed by atoms with Crippen LogP contribution in [0.3, 0.4) is 0 Å². The van der Waals surface area contributed by atoms with Crippen LogP contribution in [0.25, 0.3) is 22.3 Å². The molecule has 0 heterocycles. The number of benzene rings is 12. The van der Waals surface area contributed by atoms with E-state index in [4.69, 9.17) is 24.1 Å². The third-order valence-corrected chi connectivity index (χ3v) is 23.8. The van der Waals surface area contributed by atoms with Gasteiger partial charge in [-0.25, -0.2) is 24.0 Å². The maximum atomic E-state index is 11.9. The number of aliphatic hydroxyl groups excluding tert-OH is 4. The average molecular weight is 1860 g/mol. The van der Waals surface area contributed by atoms with Crippen LogP contribution < -0.4 is 19.6 Å². The van der Waals surface area contributed by atoms with Crippen LogP contribution >= 0.6 is 0 Å². The number of aliphatic carboxylic acids is 1. The van der Waals surface area contributed by atoms with E-state index in [1.807, 2.05) is 0 Å². The number of carbonyl (C=O) groups excluding carboxylic acids is 4. The van der Waals surface area contributed by atoms with Gasteiger partial charge in [0.05, 0.1) is 26.4 Å². The molecule has 0 aromatic heterocycles.